The zero-order valence-electron chi connectivity index (χ0n) is 8.37. The van der Waals surface area contributed by atoms with Crippen LogP contribution in [-0.2, 0) is 11.3 Å². The first-order chi connectivity index (χ1) is 7.24. The molecular formula is C11H13ClN2O. The van der Waals surface area contributed by atoms with E-state index in [1.807, 2.05) is 24.3 Å². The number of hydrogen-bond acceptors (Lipinski definition) is 2. The highest BCUT2D eigenvalue weighted by atomic mass is 35.5. The van der Waals surface area contributed by atoms with Crippen molar-refractivity contribution in [2.24, 2.45) is 0 Å². The summed E-state index contributed by atoms with van der Waals surface area (Å²) >= 11 is 5.80. The summed E-state index contributed by atoms with van der Waals surface area (Å²) in [7, 11) is 0. The van der Waals surface area contributed by atoms with Gasteiger partial charge in [0.1, 0.15) is 0 Å². The molecule has 0 spiro atoms. The molecule has 1 amide bonds. The SMILES string of the molecule is O=C1CN(Cc2ccc(Cl)cc2)CCN1. The van der Waals surface area contributed by atoms with Gasteiger partial charge in [-0.2, -0.15) is 0 Å². The lowest BCUT2D eigenvalue weighted by Crippen LogP contribution is -2.47. The molecule has 0 saturated carbocycles. The lowest BCUT2D eigenvalue weighted by molar-refractivity contribution is -0.124. The number of piperazine rings is 1. The molecule has 1 aromatic rings. The second kappa shape index (κ2) is 4.64. The van der Waals surface area contributed by atoms with Gasteiger partial charge in [0.25, 0.3) is 0 Å². The number of carbonyl (C=O) groups excluding carboxylic acids is 1. The molecular weight excluding hydrogens is 212 g/mol. The fraction of sp³-hybridized carbons (Fsp3) is 0.364. The largest absolute Gasteiger partial charge is 0.354 e. The molecule has 15 heavy (non-hydrogen) atoms. The number of carbonyl (C=O) groups is 1. The van der Waals surface area contributed by atoms with Gasteiger partial charge >= 0.3 is 0 Å². The first kappa shape index (κ1) is 10.5. The highest BCUT2D eigenvalue weighted by Gasteiger charge is 2.15. The monoisotopic (exact) mass is 224 g/mol. The van der Waals surface area contributed by atoms with Crippen LogP contribution in [0.4, 0.5) is 0 Å². The summed E-state index contributed by atoms with van der Waals surface area (Å²) in [4.78, 5) is 13.3. The van der Waals surface area contributed by atoms with Crippen LogP contribution in [0, 0.1) is 0 Å². The third kappa shape index (κ3) is 2.94. The summed E-state index contributed by atoms with van der Waals surface area (Å²) in [6, 6.07) is 7.74. The number of nitrogens with zero attached hydrogens (tertiary/aromatic N) is 1. The van der Waals surface area contributed by atoms with Gasteiger partial charge in [0, 0.05) is 24.7 Å². The number of amides is 1. The predicted octanol–water partition coefficient (Wildman–Crippen LogP) is 1.27. The van der Waals surface area contributed by atoms with Crippen molar-refractivity contribution < 1.29 is 4.79 Å². The van der Waals surface area contributed by atoms with Crippen LogP contribution in [0.1, 0.15) is 5.56 Å². The molecule has 1 aromatic carbocycles. The number of benzene rings is 1. The van der Waals surface area contributed by atoms with Gasteiger partial charge in [-0.05, 0) is 17.7 Å². The molecule has 1 fully saturated rings. The molecule has 80 valence electrons. The second-order valence-corrected chi connectivity index (χ2v) is 4.12. The van der Waals surface area contributed by atoms with Crippen LogP contribution >= 0.6 is 11.6 Å². The van der Waals surface area contributed by atoms with Crippen LogP contribution in [0.5, 0.6) is 0 Å². The van der Waals surface area contributed by atoms with E-state index >= 15 is 0 Å². The Morgan fingerprint density at radius 3 is 2.73 bits per heavy atom. The molecule has 0 atom stereocenters. The van der Waals surface area contributed by atoms with Gasteiger partial charge in [-0.3, -0.25) is 9.69 Å². The van der Waals surface area contributed by atoms with E-state index in [1.54, 1.807) is 0 Å². The van der Waals surface area contributed by atoms with Gasteiger partial charge in [-0.15, -0.1) is 0 Å². The van der Waals surface area contributed by atoms with Crippen molar-refractivity contribution >= 4 is 17.5 Å². The summed E-state index contributed by atoms with van der Waals surface area (Å²) in [5.74, 6) is 0.107. The normalized spacial score (nSPS) is 17.5. The molecule has 1 aliphatic heterocycles. The zero-order valence-corrected chi connectivity index (χ0v) is 9.13. The summed E-state index contributed by atoms with van der Waals surface area (Å²) in [5, 5.41) is 3.55. The second-order valence-electron chi connectivity index (χ2n) is 3.69. The molecule has 0 unspecified atom stereocenters. The van der Waals surface area contributed by atoms with Crippen LogP contribution in [0.2, 0.25) is 5.02 Å². The lowest BCUT2D eigenvalue weighted by Gasteiger charge is -2.26. The Hall–Kier alpha value is -1.06. The van der Waals surface area contributed by atoms with Crippen LogP contribution < -0.4 is 5.32 Å². The van der Waals surface area contributed by atoms with Crippen molar-refractivity contribution in [2.45, 2.75) is 6.54 Å². The Balaban J connectivity index is 1.96. The average Bonchev–Trinajstić information content (AvgIpc) is 2.22. The van der Waals surface area contributed by atoms with Crippen molar-refractivity contribution in [3.63, 3.8) is 0 Å². The molecule has 0 aliphatic carbocycles. The summed E-state index contributed by atoms with van der Waals surface area (Å²) in [5.41, 5.74) is 1.19. The summed E-state index contributed by atoms with van der Waals surface area (Å²) < 4.78 is 0. The minimum absolute atomic E-state index is 0.107. The molecule has 0 radical (unpaired) electrons. The highest BCUT2D eigenvalue weighted by molar-refractivity contribution is 6.30. The topological polar surface area (TPSA) is 32.3 Å². The average molecular weight is 225 g/mol. The van der Waals surface area contributed by atoms with E-state index in [9.17, 15) is 4.79 Å². The molecule has 1 heterocycles. The smallest absolute Gasteiger partial charge is 0.234 e. The van der Waals surface area contributed by atoms with E-state index in [1.165, 1.54) is 5.56 Å². The molecule has 0 bridgehead atoms. The van der Waals surface area contributed by atoms with Gasteiger partial charge in [0.2, 0.25) is 5.91 Å². The van der Waals surface area contributed by atoms with Gasteiger partial charge in [-0.1, -0.05) is 23.7 Å². The van der Waals surface area contributed by atoms with Crippen LogP contribution in [0.15, 0.2) is 24.3 Å². The zero-order chi connectivity index (χ0) is 10.7. The van der Waals surface area contributed by atoms with Crippen molar-refractivity contribution in [3.05, 3.63) is 34.9 Å². The predicted molar refractivity (Wildman–Crippen MR) is 59.7 cm³/mol. The Bertz CT molecular complexity index is 350. The summed E-state index contributed by atoms with van der Waals surface area (Å²) in [6.07, 6.45) is 0. The number of hydrogen-bond donors (Lipinski definition) is 1. The summed E-state index contributed by atoms with van der Waals surface area (Å²) in [6.45, 7) is 2.95. The number of nitrogens with one attached hydrogen (secondary N) is 1. The van der Waals surface area contributed by atoms with Gasteiger partial charge < -0.3 is 5.32 Å². The van der Waals surface area contributed by atoms with Crippen LogP contribution in [0.3, 0.4) is 0 Å². The Kier molecular flexibility index (Phi) is 3.23. The van der Waals surface area contributed by atoms with Crippen molar-refractivity contribution in [3.8, 4) is 0 Å². The van der Waals surface area contributed by atoms with E-state index in [-0.39, 0.29) is 5.91 Å². The Morgan fingerprint density at radius 1 is 1.33 bits per heavy atom. The van der Waals surface area contributed by atoms with Crippen LogP contribution in [-0.4, -0.2) is 30.4 Å². The first-order valence-corrected chi connectivity index (χ1v) is 5.35. The maximum absolute atomic E-state index is 11.1. The Labute approximate surface area is 94.0 Å². The maximum atomic E-state index is 11.1. The fourth-order valence-corrected chi connectivity index (χ4v) is 1.80. The van der Waals surface area contributed by atoms with Crippen molar-refractivity contribution in [1.82, 2.24) is 10.2 Å². The molecule has 3 nitrogen and oxygen atoms in total. The minimum Gasteiger partial charge on any atom is -0.354 e. The molecule has 1 aliphatic rings. The van der Waals surface area contributed by atoms with E-state index in [0.717, 1.165) is 24.7 Å². The number of rotatable bonds is 2. The molecule has 0 aromatic heterocycles. The molecule has 2 rings (SSSR count). The first-order valence-electron chi connectivity index (χ1n) is 4.97. The molecule has 4 heteroatoms. The quantitative estimate of drug-likeness (QED) is 0.821. The van der Waals surface area contributed by atoms with Gasteiger partial charge in [-0.25, -0.2) is 0 Å². The number of halogens is 1. The highest BCUT2D eigenvalue weighted by Crippen LogP contribution is 2.11. The minimum atomic E-state index is 0.107. The van der Waals surface area contributed by atoms with E-state index < -0.39 is 0 Å². The fourth-order valence-electron chi connectivity index (χ4n) is 1.67. The van der Waals surface area contributed by atoms with Gasteiger partial charge in [0.15, 0.2) is 0 Å². The standard InChI is InChI=1S/C11H13ClN2O/c12-10-3-1-9(2-4-10)7-14-6-5-13-11(15)8-14/h1-4H,5-8H2,(H,13,15). The maximum Gasteiger partial charge on any atom is 0.234 e. The molecule has 1 saturated heterocycles. The van der Waals surface area contributed by atoms with E-state index in [2.05, 4.69) is 10.2 Å². The van der Waals surface area contributed by atoms with Gasteiger partial charge in [0.05, 0.1) is 6.54 Å². The third-order valence-electron chi connectivity index (χ3n) is 2.44. The van der Waals surface area contributed by atoms with Crippen molar-refractivity contribution in [1.29, 1.82) is 0 Å². The lowest BCUT2D eigenvalue weighted by atomic mass is 10.2. The Morgan fingerprint density at radius 2 is 2.07 bits per heavy atom. The third-order valence-corrected chi connectivity index (χ3v) is 2.69. The van der Waals surface area contributed by atoms with E-state index in [0.29, 0.717) is 6.54 Å². The van der Waals surface area contributed by atoms with Crippen molar-refractivity contribution in [2.75, 3.05) is 19.6 Å². The van der Waals surface area contributed by atoms with Crippen LogP contribution in [0.25, 0.3) is 0 Å². The molecule has 1 N–H and O–H groups in total. The van der Waals surface area contributed by atoms with E-state index in [4.69, 9.17) is 11.6 Å².